The average molecular weight is 424 g/mol. The summed E-state index contributed by atoms with van der Waals surface area (Å²) in [6.07, 6.45) is 3.65. The molecule has 0 spiro atoms. The number of aryl methyl sites for hydroxylation is 1. The smallest absolute Gasteiger partial charge is 0.256 e. The number of amides is 1. The minimum atomic E-state index is -0.354. The number of rotatable bonds is 6. The van der Waals surface area contributed by atoms with E-state index >= 15 is 0 Å². The van der Waals surface area contributed by atoms with Crippen molar-refractivity contribution in [1.29, 1.82) is 0 Å². The van der Waals surface area contributed by atoms with Crippen LogP contribution in [0.5, 0.6) is 0 Å². The molecule has 152 valence electrons. The molecule has 0 unspecified atom stereocenters. The van der Waals surface area contributed by atoms with Crippen molar-refractivity contribution in [2.45, 2.75) is 20.0 Å². The van der Waals surface area contributed by atoms with Crippen LogP contribution in [0.4, 0.5) is 4.39 Å². The number of hydrogen-bond donors (Lipinski definition) is 1. The molecule has 30 heavy (non-hydrogen) atoms. The molecule has 0 aliphatic heterocycles. The summed E-state index contributed by atoms with van der Waals surface area (Å²) in [6.45, 7) is 2.76. The molecule has 0 aliphatic rings. The molecule has 0 atom stereocenters. The Labute approximate surface area is 177 Å². The van der Waals surface area contributed by atoms with Crippen LogP contribution in [0.15, 0.2) is 67.0 Å². The predicted molar refractivity (Wildman–Crippen MR) is 112 cm³/mol. The molecule has 6 nitrogen and oxygen atoms in total. The van der Waals surface area contributed by atoms with E-state index in [9.17, 15) is 9.18 Å². The maximum absolute atomic E-state index is 13.2. The molecule has 0 aliphatic carbocycles. The van der Waals surface area contributed by atoms with E-state index in [4.69, 9.17) is 11.6 Å². The van der Waals surface area contributed by atoms with Gasteiger partial charge in [0, 0.05) is 18.9 Å². The highest BCUT2D eigenvalue weighted by Gasteiger charge is 2.21. The van der Waals surface area contributed by atoms with Gasteiger partial charge in [0.25, 0.3) is 5.91 Å². The fourth-order valence-corrected chi connectivity index (χ4v) is 3.48. The van der Waals surface area contributed by atoms with E-state index in [-0.39, 0.29) is 16.9 Å². The molecular formula is C22H19ClFN5O. The fraction of sp³-hybridized carbons (Fsp3) is 0.136. The van der Waals surface area contributed by atoms with Crippen molar-refractivity contribution in [3.63, 3.8) is 0 Å². The van der Waals surface area contributed by atoms with Crippen molar-refractivity contribution in [1.82, 2.24) is 24.9 Å². The van der Waals surface area contributed by atoms with Crippen molar-refractivity contribution in [3.05, 3.63) is 100 Å². The van der Waals surface area contributed by atoms with Gasteiger partial charge in [-0.2, -0.15) is 10.2 Å². The number of hydrogen-bond acceptors (Lipinski definition) is 3. The van der Waals surface area contributed by atoms with Crippen molar-refractivity contribution in [2.75, 3.05) is 0 Å². The van der Waals surface area contributed by atoms with Crippen LogP contribution in [-0.2, 0) is 13.1 Å². The lowest BCUT2D eigenvalue weighted by Crippen LogP contribution is -2.23. The molecule has 0 saturated carbocycles. The maximum atomic E-state index is 13.2. The summed E-state index contributed by atoms with van der Waals surface area (Å²) in [4.78, 5) is 12.7. The number of benzene rings is 2. The lowest BCUT2D eigenvalue weighted by molar-refractivity contribution is 0.0950. The van der Waals surface area contributed by atoms with Crippen molar-refractivity contribution in [2.24, 2.45) is 0 Å². The Morgan fingerprint density at radius 1 is 1.10 bits per heavy atom. The Kier molecular flexibility index (Phi) is 5.63. The second kappa shape index (κ2) is 8.51. The minimum Gasteiger partial charge on any atom is -0.348 e. The van der Waals surface area contributed by atoms with Gasteiger partial charge in [0.2, 0.25) is 0 Å². The van der Waals surface area contributed by atoms with Crippen LogP contribution in [0.2, 0.25) is 5.15 Å². The fourth-order valence-electron chi connectivity index (χ4n) is 3.12. The third kappa shape index (κ3) is 4.26. The van der Waals surface area contributed by atoms with Crippen LogP contribution in [-0.4, -0.2) is 25.5 Å². The first-order valence-electron chi connectivity index (χ1n) is 9.36. The van der Waals surface area contributed by atoms with Crippen LogP contribution >= 0.6 is 11.6 Å². The van der Waals surface area contributed by atoms with E-state index in [1.165, 1.54) is 16.8 Å². The monoisotopic (exact) mass is 423 g/mol. The first kappa shape index (κ1) is 19.8. The van der Waals surface area contributed by atoms with E-state index in [0.29, 0.717) is 30.0 Å². The Balaban J connectivity index is 1.43. The number of nitrogens with one attached hydrogen (secondary N) is 1. The summed E-state index contributed by atoms with van der Waals surface area (Å²) in [6, 6.07) is 15.6. The van der Waals surface area contributed by atoms with E-state index < -0.39 is 0 Å². The van der Waals surface area contributed by atoms with Crippen LogP contribution in [0.25, 0.3) is 5.69 Å². The quantitative estimate of drug-likeness (QED) is 0.506. The number of aromatic nitrogens is 4. The second-order valence-corrected chi connectivity index (χ2v) is 7.20. The Hall–Kier alpha value is -3.45. The van der Waals surface area contributed by atoms with Gasteiger partial charge in [-0.15, -0.1) is 0 Å². The number of carbonyl (C=O) groups is 1. The van der Waals surface area contributed by atoms with E-state index in [1.54, 1.807) is 25.3 Å². The summed E-state index contributed by atoms with van der Waals surface area (Å²) < 4.78 is 16.4. The van der Waals surface area contributed by atoms with Gasteiger partial charge in [0.15, 0.2) is 0 Å². The molecule has 0 radical (unpaired) electrons. The van der Waals surface area contributed by atoms with Gasteiger partial charge >= 0.3 is 0 Å². The molecule has 0 fully saturated rings. The molecule has 1 N–H and O–H groups in total. The van der Waals surface area contributed by atoms with Crippen molar-refractivity contribution >= 4 is 17.5 Å². The normalized spacial score (nSPS) is 10.9. The zero-order valence-electron chi connectivity index (χ0n) is 16.2. The highest BCUT2D eigenvalue weighted by atomic mass is 35.5. The van der Waals surface area contributed by atoms with Crippen molar-refractivity contribution in [3.8, 4) is 5.69 Å². The number of halogens is 2. The third-order valence-electron chi connectivity index (χ3n) is 4.68. The lowest BCUT2D eigenvalue weighted by atomic mass is 10.1. The topological polar surface area (TPSA) is 64.7 Å². The zero-order chi connectivity index (χ0) is 21.1. The highest BCUT2D eigenvalue weighted by Crippen LogP contribution is 2.23. The molecule has 8 heteroatoms. The molecule has 2 aromatic heterocycles. The summed E-state index contributed by atoms with van der Waals surface area (Å²) >= 11 is 6.41. The Bertz CT molecular complexity index is 1150. The summed E-state index contributed by atoms with van der Waals surface area (Å²) in [5, 5.41) is 11.6. The van der Waals surface area contributed by atoms with Crippen LogP contribution in [0, 0.1) is 12.7 Å². The molecule has 4 aromatic rings. The van der Waals surface area contributed by atoms with Crippen LogP contribution in [0.3, 0.4) is 0 Å². The van der Waals surface area contributed by atoms with Crippen LogP contribution in [0.1, 0.15) is 27.2 Å². The molecule has 4 rings (SSSR count). The molecular weight excluding hydrogens is 405 g/mol. The molecule has 0 bridgehead atoms. The largest absolute Gasteiger partial charge is 0.348 e. The third-order valence-corrected chi connectivity index (χ3v) is 5.03. The molecule has 2 aromatic carbocycles. The Morgan fingerprint density at radius 3 is 2.47 bits per heavy atom. The molecule has 1 amide bonds. The number of carbonyl (C=O) groups excluding carboxylic acids is 1. The predicted octanol–water partition coefficient (Wildman–Crippen LogP) is 4.15. The van der Waals surface area contributed by atoms with Gasteiger partial charge in [0.1, 0.15) is 11.0 Å². The lowest BCUT2D eigenvalue weighted by Gasteiger charge is -2.07. The van der Waals surface area contributed by atoms with Gasteiger partial charge in [-0.1, -0.05) is 35.9 Å². The van der Waals surface area contributed by atoms with E-state index in [0.717, 1.165) is 11.1 Å². The number of nitrogens with zero attached hydrogens (tertiary/aromatic N) is 4. The maximum Gasteiger partial charge on any atom is 0.256 e. The second-order valence-electron chi connectivity index (χ2n) is 6.84. The van der Waals surface area contributed by atoms with Gasteiger partial charge in [0.05, 0.1) is 23.5 Å². The van der Waals surface area contributed by atoms with Gasteiger partial charge in [-0.05, 0) is 48.4 Å². The van der Waals surface area contributed by atoms with Gasteiger partial charge < -0.3 is 5.32 Å². The molecule has 2 heterocycles. The summed E-state index contributed by atoms with van der Waals surface area (Å²) in [5.74, 6) is -0.668. The average Bonchev–Trinajstić information content (AvgIpc) is 3.35. The standard InChI is InChI=1S/C22H19ClFN5O/c1-15-20(21(23)29(27-15)19-9-7-18(24)8-10-19)22(30)25-13-16-3-5-17(6-4-16)14-28-12-2-11-26-28/h2-12H,13-14H2,1H3,(H,25,30). The highest BCUT2D eigenvalue weighted by molar-refractivity contribution is 6.33. The van der Waals surface area contributed by atoms with E-state index in [2.05, 4.69) is 15.5 Å². The van der Waals surface area contributed by atoms with Gasteiger partial charge in [-0.3, -0.25) is 9.48 Å². The van der Waals surface area contributed by atoms with Crippen LogP contribution < -0.4 is 5.32 Å². The SMILES string of the molecule is Cc1nn(-c2ccc(F)cc2)c(Cl)c1C(=O)NCc1ccc(Cn2cccn2)cc1. The minimum absolute atomic E-state index is 0.186. The first-order chi connectivity index (χ1) is 14.5. The Morgan fingerprint density at radius 2 is 1.80 bits per heavy atom. The first-order valence-corrected chi connectivity index (χ1v) is 9.73. The zero-order valence-corrected chi connectivity index (χ0v) is 17.0. The van der Waals surface area contributed by atoms with E-state index in [1.807, 2.05) is 41.2 Å². The summed E-state index contributed by atoms with van der Waals surface area (Å²) in [5.41, 5.74) is 3.46. The summed E-state index contributed by atoms with van der Waals surface area (Å²) in [7, 11) is 0. The molecule has 0 saturated heterocycles. The van der Waals surface area contributed by atoms with Gasteiger partial charge in [-0.25, -0.2) is 9.07 Å². The van der Waals surface area contributed by atoms with Crippen molar-refractivity contribution < 1.29 is 9.18 Å².